The molecule has 30 heavy (non-hydrogen) atoms. The van der Waals surface area contributed by atoms with Crippen LogP contribution in [0.2, 0.25) is 0 Å². The smallest absolute Gasteiger partial charge is 0.219 e. The maximum Gasteiger partial charge on any atom is 0.219 e. The van der Waals surface area contributed by atoms with Gasteiger partial charge in [0.25, 0.3) is 0 Å². The van der Waals surface area contributed by atoms with Gasteiger partial charge in [-0.3, -0.25) is 14.5 Å². The van der Waals surface area contributed by atoms with E-state index < -0.39 is 0 Å². The van der Waals surface area contributed by atoms with Gasteiger partial charge in [-0.2, -0.15) is 10.4 Å². The molecular formula is C22H26N6O2. The van der Waals surface area contributed by atoms with E-state index in [0.717, 1.165) is 81.2 Å². The van der Waals surface area contributed by atoms with Crippen molar-refractivity contribution in [2.75, 3.05) is 31.2 Å². The number of anilines is 2. The summed E-state index contributed by atoms with van der Waals surface area (Å²) in [6.07, 6.45) is 6.27. The molecule has 3 aliphatic rings. The summed E-state index contributed by atoms with van der Waals surface area (Å²) in [5.41, 5.74) is 4.92. The number of carbonyl (C=O) groups excluding carboxylic acids is 1. The Morgan fingerprint density at radius 2 is 2.10 bits per heavy atom. The zero-order valence-corrected chi connectivity index (χ0v) is 17.3. The fourth-order valence-corrected chi connectivity index (χ4v) is 4.86. The molecule has 8 heteroatoms. The Labute approximate surface area is 176 Å². The molecule has 2 aromatic heterocycles. The molecule has 3 aliphatic heterocycles. The van der Waals surface area contributed by atoms with Crippen LogP contribution in [-0.4, -0.2) is 51.9 Å². The second-order valence-corrected chi connectivity index (χ2v) is 8.28. The van der Waals surface area contributed by atoms with Gasteiger partial charge in [-0.05, 0) is 31.7 Å². The van der Waals surface area contributed by atoms with Crippen LogP contribution in [0.5, 0.6) is 0 Å². The van der Waals surface area contributed by atoms with Crippen LogP contribution in [0.1, 0.15) is 54.7 Å². The van der Waals surface area contributed by atoms with Crippen LogP contribution in [0.3, 0.4) is 0 Å². The minimum atomic E-state index is 0.0953. The van der Waals surface area contributed by atoms with Gasteiger partial charge in [0, 0.05) is 57.1 Å². The standard InChI is InChI=1S/C22H26N6O2/c1-15(29)26-8-4-20-18(14-26)22(25-28(20)17-5-9-30-10-6-17)27-7-2-3-19-21(27)11-16(12-23)13-24-19/h11,13,17H,2-10,14H2,1H3. The molecule has 0 atom stereocenters. The zero-order valence-electron chi connectivity index (χ0n) is 17.3. The first-order chi connectivity index (χ1) is 14.7. The quantitative estimate of drug-likeness (QED) is 0.762. The maximum absolute atomic E-state index is 12.1. The summed E-state index contributed by atoms with van der Waals surface area (Å²) in [5.74, 6) is 1.01. The van der Waals surface area contributed by atoms with Crippen molar-refractivity contribution in [1.82, 2.24) is 19.7 Å². The van der Waals surface area contributed by atoms with Crippen molar-refractivity contribution in [3.8, 4) is 6.07 Å². The Morgan fingerprint density at radius 3 is 2.87 bits per heavy atom. The summed E-state index contributed by atoms with van der Waals surface area (Å²) in [6, 6.07) is 4.46. The molecule has 0 N–H and O–H groups in total. The molecule has 0 bridgehead atoms. The number of hydrogen-bond donors (Lipinski definition) is 0. The molecule has 1 saturated heterocycles. The van der Waals surface area contributed by atoms with Crippen molar-refractivity contribution in [2.24, 2.45) is 0 Å². The summed E-state index contributed by atoms with van der Waals surface area (Å²) in [6.45, 7) is 5.30. The minimum absolute atomic E-state index is 0.0953. The monoisotopic (exact) mass is 406 g/mol. The summed E-state index contributed by atoms with van der Waals surface area (Å²) >= 11 is 0. The van der Waals surface area contributed by atoms with Crippen molar-refractivity contribution in [1.29, 1.82) is 5.26 Å². The SMILES string of the molecule is CC(=O)N1CCc2c(c(N3CCCc4ncc(C#N)cc43)nn2C2CCOCC2)C1. The van der Waals surface area contributed by atoms with Crippen molar-refractivity contribution in [2.45, 2.75) is 51.6 Å². The number of carbonyl (C=O) groups is 1. The first-order valence-electron chi connectivity index (χ1n) is 10.8. The van der Waals surface area contributed by atoms with Gasteiger partial charge in [-0.15, -0.1) is 0 Å². The van der Waals surface area contributed by atoms with Crippen molar-refractivity contribution < 1.29 is 9.53 Å². The van der Waals surface area contributed by atoms with E-state index in [9.17, 15) is 10.1 Å². The van der Waals surface area contributed by atoms with Gasteiger partial charge in [0.1, 0.15) is 6.07 Å². The third kappa shape index (κ3) is 3.23. The fourth-order valence-electron chi connectivity index (χ4n) is 4.86. The Balaban J connectivity index is 1.61. The molecule has 8 nitrogen and oxygen atoms in total. The third-order valence-electron chi connectivity index (χ3n) is 6.47. The highest BCUT2D eigenvalue weighted by Gasteiger charge is 2.33. The molecule has 0 saturated carbocycles. The van der Waals surface area contributed by atoms with Crippen LogP contribution in [-0.2, 0) is 28.9 Å². The van der Waals surface area contributed by atoms with E-state index in [0.29, 0.717) is 18.2 Å². The number of nitriles is 1. The highest BCUT2D eigenvalue weighted by molar-refractivity contribution is 5.75. The molecule has 0 radical (unpaired) electrons. The second-order valence-electron chi connectivity index (χ2n) is 8.28. The van der Waals surface area contributed by atoms with Crippen LogP contribution in [0.4, 0.5) is 11.5 Å². The molecule has 156 valence electrons. The van der Waals surface area contributed by atoms with E-state index >= 15 is 0 Å². The van der Waals surface area contributed by atoms with Gasteiger partial charge in [-0.25, -0.2) is 0 Å². The molecule has 1 fully saturated rings. The van der Waals surface area contributed by atoms with Gasteiger partial charge in [0.15, 0.2) is 5.82 Å². The predicted molar refractivity (Wildman–Crippen MR) is 110 cm³/mol. The summed E-state index contributed by atoms with van der Waals surface area (Å²) in [4.78, 5) is 20.8. The van der Waals surface area contributed by atoms with Crippen molar-refractivity contribution in [3.05, 3.63) is 34.8 Å². The molecule has 0 aromatic carbocycles. The lowest BCUT2D eigenvalue weighted by Gasteiger charge is -2.32. The second kappa shape index (κ2) is 7.73. The Bertz CT molecular complexity index is 1020. The van der Waals surface area contributed by atoms with Crippen LogP contribution in [0.15, 0.2) is 12.3 Å². The molecule has 0 aliphatic carbocycles. The normalized spacial score (nSPS) is 19.2. The maximum atomic E-state index is 12.1. The molecular weight excluding hydrogens is 380 g/mol. The number of hydrogen-bond acceptors (Lipinski definition) is 6. The van der Waals surface area contributed by atoms with E-state index in [1.54, 1.807) is 13.1 Å². The molecule has 1 amide bonds. The van der Waals surface area contributed by atoms with E-state index in [2.05, 4.69) is 20.6 Å². The van der Waals surface area contributed by atoms with E-state index in [-0.39, 0.29) is 5.91 Å². The number of pyridine rings is 1. The van der Waals surface area contributed by atoms with Crippen LogP contribution >= 0.6 is 0 Å². The lowest BCUT2D eigenvalue weighted by molar-refractivity contribution is -0.129. The van der Waals surface area contributed by atoms with Gasteiger partial charge in [0.2, 0.25) is 5.91 Å². The lowest BCUT2D eigenvalue weighted by atomic mass is 10.0. The Hall–Kier alpha value is -2.92. The number of ether oxygens (including phenoxy) is 1. The minimum Gasteiger partial charge on any atom is -0.381 e. The highest BCUT2D eigenvalue weighted by atomic mass is 16.5. The van der Waals surface area contributed by atoms with Gasteiger partial charge >= 0.3 is 0 Å². The molecule has 5 rings (SSSR count). The summed E-state index contributed by atoms with van der Waals surface area (Å²) < 4.78 is 7.77. The average Bonchev–Trinajstić information content (AvgIpc) is 3.17. The Morgan fingerprint density at radius 1 is 1.27 bits per heavy atom. The van der Waals surface area contributed by atoms with Gasteiger partial charge in [0.05, 0.1) is 29.5 Å². The number of amides is 1. The van der Waals surface area contributed by atoms with Crippen LogP contribution in [0, 0.1) is 11.3 Å². The Kier molecular flexibility index (Phi) is 4.91. The number of nitrogens with zero attached hydrogens (tertiary/aromatic N) is 6. The average molecular weight is 406 g/mol. The van der Waals surface area contributed by atoms with Crippen LogP contribution in [0.25, 0.3) is 0 Å². The predicted octanol–water partition coefficient (Wildman–Crippen LogP) is 2.49. The molecule has 5 heterocycles. The summed E-state index contributed by atoms with van der Waals surface area (Å²) in [7, 11) is 0. The fraction of sp³-hybridized carbons (Fsp3) is 0.545. The first kappa shape index (κ1) is 19.1. The molecule has 0 spiro atoms. The summed E-state index contributed by atoms with van der Waals surface area (Å²) in [5, 5.41) is 14.5. The van der Waals surface area contributed by atoms with Crippen molar-refractivity contribution in [3.63, 3.8) is 0 Å². The van der Waals surface area contributed by atoms with E-state index in [1.165, 1.54) is 5.69 Å². The van der Waals surface area contributed by atoms with Gasteiger partial charge < -0.3 is 14.5 Å². The lowest BCUT2D eigenvalue weighted by Crippen LogP contribution is -2.36. The topological polar surface area (TPSA) is 87.3 Å². The van der Waals surface area contributed by atoms with Crippen LogP contribution < -0.4 is 4.90 Å². The van der Waals surface area contributed by atoms with E-state index in [1.807, 2.05) is 11.0 Å². The van der Waals surface area contributed by atoms with Crippen molar-refractivity contribution >= 4 is 17.4 Å². The largest absolute Gasteiger partial charge is 0.381 e. The van der Waals surface area contributed by atoms with Gasteiger partial charge in [-0.1, -0.05) is 0 Å². The number of fused-ring (bicyclic) bond motifs is 2. The van der Waals surface area contributed by atoms with E-state index in [4.69, 9.17) is 9.84 Å². The molecule has 2 aromatic rings. The zero-order chi connectivity index (χ0) is 20.7. The first-order valence-corrected chi connectivity index (χ1v) is 10.8. The highest BCUT2D eigenvalue weighted by Crippen LogP contribution is 2.39. The number of rotatable bonds is 2. The number of aromatic nitrogens is 3. The molecule has 0 unspecified atom stereocenters. The third-order valence-corrected chi connectivity index (χ3v) is 6.47. The number of aryl methyl sites for hydroxylation is 1.